The molecule has 0 saturated heterocycles. The molecule has 0 aromatic heterocycles. The zero-order chi connectivity index (χ0) is 8.85. The first-order chi connectivity index (χ1) is 5.17. The first-order valence-corrected chi connectivity index (χ1v) is 3.36. The summed E-state index contributed by atoms with van der Waals surface area (Å²) in [5.74, 6) is -1.47. The number of aliphatic hydroxyl groups is 2. The zero-order valence-corrected chi connectivity index (χ0v) is 6.30. The van der Waals surface area contributed by atoms with Crippen LogP contribution < -0.4 is 0 Å². The molecule has 0 bridgehead atoms. The van der Waals surface area contributed by atoms with E-state index in [2.05, 4.69) is 0 Å². The van der Waals surface area contributed by atoms with Gasteiger partial charge in [-0.15, -0.1) is 0 Å². The van der Waals surface area contributed by atoms with E-state index in [1.54, 1.807) is 0 Å². The van der Waals surface area contributed by atoms with Gasteiger partial charge in [-0.3, -0.25) is 0 Å². The second kappa shape index (κ2) is 4.98. The number of aldehydes is 2. The molecule has 4 nitrogen and oxygen atoms in total. The SMILES string of the molecule is C[C@H](C=O)[C@@H](O)C(C=O)CO. The van der Waals surface area contributed by atoms with Crippen LogP contribution in [0, 0.1) is 11.8 Å². The largest absolute Gasteiger partial charge is 0.396 e. The summed E-state index contributed by atoms with van der Waals surface area (Å²) in [7, 11) is 0. The van der Waals surface area contributed by atoms with E-state index in [0.717, 1.165) is 0 Å². The van der Waals surface area contributed by atoms with Crippen molar-refractivity contribution in [3.63, 3.8) is 0 Å². The van der Waals surface area contributed by atoms with Gasteiger partial charge in [-0.2, -0.15) is 0 Å². The normalized spacial score (nSPS) is 18.5. The molecule has 0 aromatic carbocycles. The lowest BCUT2D eigenvalue weighted by molar-refractivity contribution is -0.121. The fourth-order valence-electron chi connectivity index (χ4n) is 0.702. The molecule has 0 amide bonds. The van der Waals surface area contributed by atoms with Gasteiger partial charge in [-0.05, 0) is 0 Å². The molecule has 0 aliphatic carbocycles. The standard InChI is InChI=1S/C7H12O4/c1-5(2-8)7(11)6(3-9)4-10/h2-3,5-7,10-11H,4H2,1H3/t5-,6?,7-/m1/s1. The highest BCUT2D eigenvalue weighted by Gasteiger charge is 2.22. The minimum Gasteiger partial charge on any atom is -0.396 e. The number of aliphatic hydroxyl groups excluding tert-OH is 2. The Kier molecular flexibility index (Phi) is 4.65. The van der Waals surface area contributed by atoms with E-state index in [4.69, 9.17) is 10.2 Å². The van der Waals surface area contributed by atoms with E-state index in [-0.39, 0.29) is 0 Å². The number of carbonyl (C=O) groups is 2. The summed E-state index contributed by atoms with van der Waals surface area (Å²) in [5.41, 5.74) is 0. The van der Waals surface area contributed by atoms with E-state index >= 15 is 0 Å². The predicted octanol–water partition coefficient (Wildman–Crippen LogP) is -1.01. The monoisotopic (exact) mass is 160 g/mol. The van der Waals surface area contributed by atoms with Gasteiger partial charge in [0.25, 0.3) is 0 Å². The van der Waals surface area contributed by atoms with Crippen LogP contribution in [0.3, 0.4) is 0 Å². The summed E-state index contributed by atoms with van der Waals surface area (Å²) in [4.78, 5) is 20.3. The van der Waals surface area contributed by atoms with Gasteiger partial charge in [0, 0.05) is 5.92 Å². The van der Waals surface area contributed by atoms with E-state index in [1.807, 2.05) is 0 Å². The van der Waals surface area contributed by atoms with Crippen LogP contribution in [0.1, 0.15) is 6.92 Å². The fourth-order valence-corrected chi connectivity index (χ4v) is 0.702. The Hall–Kier alpha value is -0.740. The highest BCUT2D eigenvalue weighted by Crippen LogP contribution is 2.08. The third kappa shape index (κ3) is 2.78. The lowest BCUT2D eigenvalue weighted by atomic mass is 9.95. The van der Waals surface area contributed by atoms with Gasteiger partial charge >= 0.3 is 0 Å². The third-order valence-corrected chi connectivity index (χ3v) is 1.58. The lowest BCUT2D eigenvalue weighted by Gasteiger charge is -2.17. The van der Waals surface area contributed by atoms with Crippen LogP contribution >= 0.6 is 0 Å². The fraction of sp³-hybridized carbons (Fsp3) is 0.714. The molecule has 0 spiro atoms. The van der Waals surface area contributed by atoms with Crippen LogP contribution in [0.15, 0.2) is 0 Å². The average Bonchev–Trinajstić information content (AvgIpc) is 2.05. The summed E-state index contributed by atoms with van der Waals surface area (Å²) in [5, 5.41) is 17.7. The van der Waals surface area contributed by atoms with Crippen LogP contribution in [0.2, 0.25) is 0 Å². The Balaban J connectivity index is 4.06. The van der Waals surface area contributed by atoms with Crippen molar-refractivity contribution in [2.45, 2.75) is 13.0 Å². The van der Waals surface area contributed by atoms with Crippen LogP contribution in [-0.2, 0) is 9.59 Å². The van der Waals surface area contributed by atoms with Gasteiger partial charge < -0.3 is 19.8 Å². The number of rotatable bonds is 5. The third-order valence-electron chi connectivity index (χ3n) is 1.58. The molecular formula is C7H12O4. The first-order valence-electron chi connectivity index (χ1n) is 3.36. The molecule has 1 unspecified atom stereocenters. The molecule has 0 rings (SSSR count). The molecule has 0 aromatic rings. The molecule has 0 aliphatic heterocycles. The maximum atomic E-state index is 10.2. The van der Waals surface area contributed by atoms with Crippen molar-refractivity contribution in [2.24, 2.45) is 11.8 Å². The Morgan fingerprint density at radius 1 is 1.36 bits per heavy atom. The molecular weight excluding hydrogens is 148 g/mol. The van der Waals surface area contributed by atoms with Crippen LogP contribution in [0.4, 0.5) is 0 Å². The Bertz CT molecular complexity index is 134. The van der Waals surface area contributed by atoms with Crippen molar-refractivity contribution in [1.29, 1.82) is 0 Å². The summed E-state index contributed by atoms with van der Waals surface area (Å²) in [6, 6.07) is 0. The average molecular weight is 160 g/mol. The van der Waals surface area contributed by atoms with Crippen molar-refractivity contribution in [2.75, 3.05) is 6.61 Å². The molecule has 64 valence electrons. The van der Waals surface area contributed by atoms with E-state index in [9.17, 15) is 9.59 Å². The molecule has 0 fully saturated rings. The van der Waals surface area contributed by atoms with E-state index in [1.165, 1.54) is 6.92 Å². The molecule has 3 atom stereocenters. The second-order valence-corrected chi connectivity index (χ2v) is 2.47. The smallest absolute Gasteiger partial charge is 0.127 e. The molecule has 4 heteroatoms. The van der Waals surface area contributed by atoms with Gasteiger partial charge in [-0.25, -0.2) is 0 Å². The predicted molar refractivity (Wildman–Crippen MR) is 37.9 cm³/mol. The Labute approximate surface area is 64.8 Å². The maximum Gasteiger partial charge on any atom is 0.127 e. The molecule has 2 N–H and O–H groups in total. The minimum absolute atomic E-state index is 0.428. The second-order valence-electron chi connectivity index (χ2n) is 2.47. The quantitative estimate of drug-likeness (QED) is 0.505. The summed E-state index contributed by atoms with van der Waals surface area (Å²) >= 11 is 0. The number of hydrogen-bond acceptors (Lipinski definition) is 4. The zero-order valence-electron chi connectivity index (χ0n) is 6.30. The van der Waals surface area contributed by atoms with Crippen LogP contribution in [-0.4, -0.2) is 35.5 Å². The van der Waals surface area contributed by atoms with Crippen LogP contribution in [0.25, 0.3) is 0 Å². The van der Waals surface area contributed by atoms with Crippen molar-refractivity contribution in [3.8, 4) is 0 Å². The Morgan fingerprint density at radius 2 is 1.91 bits per heavy atom. The Morgan fingerprint density at radius 3 is 2.18 bits per heavy atom. The highest BCUT2D eigenvalue weighted by molar-refractivity contribution is 5.59. The summed E-state index contributed by atoms with van der Waals surface area (Å²) in [6.45, 7) is 1.06. The molecule has 11 heavy (non-hydrogen) atoms. The molecule has 0 saturated carbocycles. The minimum atomic E-state index is -1.07. The van der Waals surface area contributed by atoms with E-state index in [0.29, 0.717) is 12.6 Å². The number of carbonyl (C=O) groups excluding carboxylic acids is 2. The van der Waals surface area contributed by atoms with Gasteiger partial charge in [-0.1, -0.05) is 6.92 Å². The topological polar surface area (TPSA) is 74.6 Å². The van der Waals surface area contributed by atoms with Gasteiger partial charge in [0.2, 0.25) is 0 Å². The molecule has 0 heterocycles. The van der Waals surface area contributed by atoms with E-state index < -0.39 is 24.5 Å². The van der Waals surface area contributed by atoms with Crippen molar-refractivity contribution in [1.82, 2.24) is 0 Å². The van der Waals surface area contributed by atoms with Gasteiger partial charge in [0.1, 0.15) is 12.6 Å². The lowest BCUT2D eigenvalue weighted by Crippen LogP contribution is -2.31. The van der Waals surface area contributed by atoms with Crippen LogP contribution in [0.5, 0.6) is 0 Å². The van der Waals surface area contributed by atoms with Crippen molar-refractivity contribution >= 4 is 12.6 Å². The maximum absolute atomic E-state index is 10.2. The van der Waals surface area contributed by atoms with Crippen molar-refractivity contribution < 1.29 is 19.8 Å². The summed E-state index contributed by atoms with van der Waals surface area (Å²) in [6.07, 6.45) is -0.0726. The summed E-state index contributed by atoms with van der Waals surface area (Å²) < 4.78 is 0. The van der Waals surface area contributed by atoms with Gasteiger partial charge in [0.15, 0.2) is 0 Å². The highest BCUT2D eigenvalue weighted by atomic mass is 16.3. The first kappa shape index (κ1) is 10.3. The molecule has 0 radical (unpaired) electrons. The van der Waals surface area contributed by atoms with Gasteiger partial charge in [0.05, 0.1) is 18.6 Å². The number of hydrogen-bond donors (Lipinski definition) is 2. The van der Waals surface area contributed by atoms with Crippen molar-refractivity contribution in [3.05, 3.63) is 0 Å². The molecule has 0 aliphatic rings.